The summed E-state index contributed by atoms with van der Waals surface area (Å²) in [5.74, 6) is -1.77. The van der Waals surface area contributed by atoms with Gasteiger partial charge in [0.25, 0.3) is 5.91 Å². The Morgan fingerprint density at radius 3 is 2.30 bits per heavy atom. The van der Waals surface area contributed by atoms with Crippen molar-refractivity contribution in [1.29, 1.82) is 0 Å². The molecule has 4 aliphatic rings. The summed E-state index contributed by atoms with van der Waals surface area (Å²) in [6.07, 6.45) is 3.33. The Labute approximate surface area is 311 Å². The Balaban J connectivity index is 1.26. The molecular formula is C41H53N5O7. The number of hydrogen-bond acceptors (Lipinski definition) is 8. The van der Waals surface area contributed by atoms with Gasteiger partial charge in [-0.25, -0.2) is 0 Å². The van der Waals surface area contributed by atoms with Gasteiger partial charge in [-0.15, -0.1) is 0 Å². The minimum atomic E-state index is -1.04. The number of hydrogen-bond donors (Lipinski definition) is 3. The number of Topliss-reactive ketones (excluding diaryl/α,β-unsaturated/α-hetero) is 1. The molecule has 2 aromatic rings. The molecule has 4 amide bonds. The summed E-state index contributed by atoms with van der Waals surface area (Å²) in [5.41, 5.74) is 2.79. The second-order valence-electron chi connectivity index (χ2n) is 16.4. The highest BCUT2D eigenvalue weighted by Gasteiger charge is 2.56. The number of rotatable bonds is 13. The molecule has 6 rings (SSSR count). The molecule has 2 aromatic carbocycles. The molecule has 1 spiro atoms. The van der Waals surface area contributed by atoms with Crippen LogP contribution in [-0.4, -0.2) is 83.9 Å². The number of likely N-dealkylation sites (N-methyl/N-ethyl adjacent to an activating group) is 1. The van der Waals surface area contributed by atoms with E-state index in [2.05, 4.69) is 21.1 Å². The minimum absolute atomic E-state index is 0.0428. The molecule has 284 valence electrons. The number of ketones is 1. The van der Waals surface area contributed by atoms with Crippen LogP contribution >= 0.6 is 0 Å². The standard InChI is InChI=1S/C41H53N5O7/c1-8-42-38(50)33(47)30(18-25-14-15-25)43-37(49)32-21-41(20-31(45-53-41)27-16-23(2)34(52-7)24(3)17-27)22-46(32)39(51)35(40(4,5)6)44-36(48)29-19-28(29)26-12-10-9-11-13-26/h9-13,16-17,25,28-30,32,35H,8,14-15,18-22H2,1-7H3,(H,42,50)(H,43,49)(H,44,48)/t28?,29-,30-,32-,35+,41+/m0/s1. The molecule has 53 heavy (non-hydrogen) atoms. The molecule has 6 atom stereocenters. The Kier molecular flexibility index (Phi) is 10.7. The molecule has 2 saturated carbocycles. The summed E-state index contributed by atoms with van der Waals surface area (Å²) in [5, 5.41) is 13.0. The average molecular weight is 728 g/mol. The summed E-state index contributed by atoms with van der Waals surface area (Å²) < 4.78 is 5.56. The lowest BCUT2D eigenvalue weighted by molar-refractivity contribution is -0.145. The molecule has 0 bridgehead atoms. The van der Waals surface area contributed by atoms with Crippen molar-refractivity contribution in [3.05, 3.63) is 64.7 Å². The van der Waals surface area contributed by atoms with E-state index in [0.29, 0.717) is 25.0 Å². The normalized spacial score (nSPS) is 24.5. The number of amides is 4. The first-order valence-electron chi connectivity index (χ1n) is 18.8. The fourth-order valence-corrected chi connectivity index (χ4v) is 7.93. The van der Waals surface area contributed by atoms with E-state index in [1.54, 1.807) is 14.0 Å². The van der Waals surface area contributed by atoms with Crippen LogP contribution in [-0.2, 0) is 28.8 Å². The van der Waals surface area contributed by atoms with Gasteiger partial charge in [0.15, 0.2) is 5.60 Å². The summed E-state index contributed by atoms with van der Waals surface area (Å²) in [6, 6.07) is 10.8. The lowest BCUT2D eigenvalue weighted by Gasteiger charge is -2.35. The molecule has 3 fully saturated rings. The Morgan fingerprint density at radius 1 is 1.02 bits per heavy atom. The number of nitrogens with one attached hydrogen (secondary N) is 3. The van der Waals surface area contributed by atoms with E-state index in [4.69, 9.17) is 9.57 Å². The lowest BCUT2D eigenvalue weighted by Crippen LogP contribution is -2.59. The number of methoxy groups -OCH3 is 1. The van der Waals surface area contributed by atoms with Gasteiger partial charge in [-0.05, 0) is 79.7 Å². The number of aryl methyl sites for hydroxylation is 2. The predicted molar refractivity (Wildman–Crippen MR) is 199 cm³/mol. The van der Waals surface area contributed by atoms with Gasteiger partial charge >= 0.3 is 0 Å². The largest absolute Gasteiger partial charge is 0.496 e. The van der Waals surface area contributed by atoms with Gasteiger partial charge in [0.1, 0.15) is 17.8 Å². The van der Waals surface area contributed by atoms with Crippen molar-refractivity contribution < 1.29 is 33.5 Å². The fourth-order valence-electron chi connectivity index (χ4n) is 7.93. The van der Waals surface area contributed by atoms with Crippen LogP contribution in [0, 0.1) is 31.1 Å². The van der Waals surface area contributed by atoms with Crippen LogP contribution in [0.2, 0.25) is 0 Å². The van der Waals surface area contributed by atoms with E-state index in [9.17, 15) is 24.0 Å². The van der Waals surface area contributed by atoms with Crippen molar-refractivity contribution >= 4 is 35.1 Å². The highest BCUT2D eigenvalue weighted by Crippen LogP contribution is 2.48. The number of likely N-dealkylation sites (tertiary alicyclic amines) is 1. The minimum Gasteiger partial charge on any atom is -0.496 e. The van der Waals surface area contributed by atoms with Gasteiger partial charge in [0, 0.05) is 30.9 Å². The van der Waals surface area contributed by atoms with E-state index in [1.807, 2.05) is 77.1 Å². The molecule has 1 saturated heterocycles. The van der Waals surface area contributed by atoms with Crippen molar-refractivity contribution in [2.45, 2.75) is 110 Å². The zero-order valence-corrected chi connectivity index (χ0v) is 31.9. The SMILES string of the molecule is CCNC(=O)C(=O)[C@H](CC1CC1)NC(=O)[C@@H]1C[C@]2(CC(c3cc(C)c(OC)c(C)c3)=NO2)CN1C(=O)[C@@H](NC(=O)[C@H]1CC1c1ccccc1)C(C)(C)C. The maximum absolute atomic E-state index is 14.8. The van der Waals surface area contributed by atoms with Crippen LogP contribution in [0.25, 0.3) is 0 Å². The topological polar surface area (TPSA) is 156 Å². The molecule has 12 nitrogen and oxygen atoms in total. The smallest absolute Gasteiger partial charge is 0.289 e. The third kappa shape index (κ3) is 8.26. The van der Waals surface area contributed by atoms with E-state index in [-0.39, 0.29) is 43.2 Å². The average Bonchev–Trinajstić information content (AvgIpc) is 4.04. The van der Waals surface area contributed by atoms with Crippen LogP contribution in [0.15, 0.2) is 47.6 Å². The Morgan fingerprint density at radius 2 is 1.70 bits per heavy atom. The molecule has 2 aliphatic heterocycles. The van der Waals surface area contributed by atoms with Gasteiger partial charge in [-0.2, -0.15) is 0 Å². The Bertz CT molecular complexity index is 1780. The summed E-state index contributed by atoms with van der Waals surface area (Å²) in [4.78, 5) is 76.4. The molecule has 2 aliphatic carbocycles. The summed E-state index contributed by atoms with van der Waals surface area (Å²) in [6.45, 7) is 11.6. The quantitative estimate of drug-likeness (QED) is 0.263. The van der Waals surface area contributed by atoms with Crippen LogP contribution < -0.4 is 20.7 Å². The number of benzene rings is 2. The van der Waals surface area contributed by atoms with Gasteiger partial charge < -0.3 is 30.4 Å². The van der Waals surface area contributed by atoms with E-state index in [1.165, 1.54) is 4.90 Å². The van der Waals surface area contributed by atoms with E-state index in [0.717, 1.165) is 40.8 Å². The van der Waals surface area contributed by atoms with E-state index < -0.39 is 52.6 Å². The van der Waals surface area contributed by atoms with Gasteiger partial charge in [0.05, 0.1) is 25.4 Å². The first kappa shape index (κ1) is 38.0. The third-order valence-corrected chi connectivity index (χ3v) is 11.0. The zero-order valence-electron chi connectivity index (χ0n) is 31.9. The van der Waals surface area contributed by atoms with Crippen LogP contribution in [0.3, 0.4) is 0 Å². The Hall–Kier alpha value is -4.74. The van der Waals surface area contributed by atoms with Crippen LogP contribution in [0.1, 0.15) is 94.4 Å². The maximum Gasteiger partial charge on any atom is 0.289 e. The molecular weight excluding hydrogens is 674 g/mol. The first-order chi connectivity index (χ1) is 25.1. The second kappa shape index (κ2) is 14.9. The van der Waals surface area contributed by atoms with Crippen molar-refractivity contribution in [3.63, 3.8) is 0 Å². The monoisotopic (exact) mass is 727 g/mol. The van der Waals surface area contributed by atoms with Crippen LogP contribution in [0.5, 0.6) is 5.75 Å². The highest BCUT2D eigenvalue weighted by atomic mass is 16.7. The van der Waals surface area contributed by atoms with Crippen molar-refractivity contribution in [1.82, 2.24) is 20.9 Å². The number of oxime groups is 1. The van der Waals surface area contributed by atoms with Gasteiger partial charge in [-0.3, -0.25) is 24.0 Å². The molecule has 12 heteroatoms. The molecule has 1 unspecified atom stereocenters. The predicted octanol–water partition coefficient (Wildman–Crippen LogP) is 4.10. The number of nitrogens with zero attached hydrogens (tertiary/aromatic N) is 2. The lowest BCUT2D eigenvalue weighted by atomic mass is 9.85. The summed E-state index contributed by atoms with van der Waals surface area (Å²) >= 11 is 0. The molecule has 2 heterocycles. The molecule has 0 radical (unpaired) electrons. The first-order valence-corrected chi connectivity index (χ1v) is 18.8. The van der Waals surface area contributed by atoms with Gasteiger partial charge in [-0.1, -0.05) is 69.1 Å². The fraction of sp³-hybridized carbons (Fsp3) is 0.561. The molecule has 0 aromatic heterocycles. The van der Waals surface area contributed by atoms with Crippen LogP contribution in [0.4, 0.5) is 0 Å². The van der Waals surface area contributed by atoms with Crippen molar-refractivity contribution in [3.8, 4) is 5.75 Å². The summed E-state index contributed by atoms with van der Waals surface area (Å²) in [7, 11) is 1.63. The van der Waals surface area contributed by atoms with E-state index >= 15 is 0 Å². The second-order valence-corrected chi connectivity index (χ2v) is 16.4. The number of carbonyl (C=O) groups excluding carboxylic acids is 5. The number of carbonyl (C=O) groups is 5. The van der Waals surface area contributed by atoms with Crippen molar-refractivity contribution in [2.24, 2.45) is 22.4 Å². The van der Waals surface area contributed by atoms with Crippen molar-refractivity contribution in [2.75, 3.05) is 20.2 Å². The highest BCUT2D eigenvalue weighted by molar-refractivity contribution is 6.38. The number of ether oxygens (including phenoxy) is 1. The zero-order chi connectivity index (χ0) is 38.2. The van der Waals surface area contributed by atoms with Gasteiger partial charge in [0.2, 0.25) is 23.5 Å². The third-order valence-electron chi connectivity index (χ3n) is 11.0. The molecule has 3 N–H and O–H groups in total. The maximum atomic E-state index is 14.8.